The highest BCUT2D eigenvalue weighted by Gasteiger charge is 2.16. The molecule has 0 bridgehead atoms. The Kier molecular flexibility index (Phi) is 12.7. The van der Waals surface area contributed by atoms with Gasteiger partial charge in [0.05, 0.1) is 0 Å². The van der Waals surface area contributed by atoms with Crippen LogP contribution >= 0.6 is 0 Å². The van der Waals surface area contributed by atoms with Gasteiger partial charge in [0.15, 0.2) is 0 Å². The third kappa shape index (κ3) is 20.3. The van der Waals surface area contributed by atoms with E-state index < -0.39 is 69.1 Å². The van der Waals surface area contributed by atoms with Crippen LogP contribution < -0.4 is 0 Å². The molecule has 2 unspecified atom stereocenters. The van der Waals surface area contributed by atoms with Gasteiger partial charge in [-0.15, -0.1) is 0 Å². The standard InChI is InChI=1S/C7H12O6S.C6H10O6S/c1-5(2)7(9)13-3-6(8)4-14(10,11)12;1-2-6(8)12-3-5(7)4-13(9,10)11/h6,8H,1,3-4H2,2H3,(H,10,11,12);2,5,7H,1,3-4H2,(H,9,10,11). The maximum atomic E-state index is 10.8. The van der Waals surface area contributed by atoms with Gasteiger partial charge in [-0.1, -0.05) is 13.2 Å². The van der Waals surface area contributed by atoms with E-state index >= 15 is 0 Å². The molecule has 0 saturated heterocycles. The van der Waals surface area contributed by atoms with Crippen molar-refractivity contribution in [1.82, 2.24) is 0 Å². The summed E-state index contributed by atoms with van der Waals surface area (Å²) in [7, 11) is -8.50. The number of carbonyl (C=O) groups excluding carboxylic acids is 2. The molecule has 12 nitrogen and oxygen atoms in total. The van der Waals surface area contributed by atoms with Gasteiger partial charge < -0.3 is 19.7 Å². The molecule has 0 aromatic heterocycles. The molecule has 0 spiro atoms. The predicted molar refractivity (Wildman–Crippen MR) is 91.8 cm³/mol. The topological polar surface area (TPSA) is 202 Å². The van der Waals surface area contributed by atoms with Crippen molar-refractivity contribution in [3.05, 3.63) is 24.8 Å². The van der Waals surface area contributed by atoms with E-state index in [2.05, 4.69) is 22.6 Å². The van der Waals surface area contributed by atoms with E-state index in [-0.39, 0.29) is 5.57 Å². The van der Waals surface area contributed by atoms with Crippen molar-refractivity contribution in [3.8, 4) is 0 Å². The zero-order valence-corrected chi connectivity index (χ0v) is 16.0. The van der Waals surface area contributed by atoms with Crippen molar-refractivity contribution in [1.29, 1.82) is 0 Å². The SMILES string of the molecule is C=C(C)C(=O)OCC(O)CS(=O)(=O)O.C=CC(=O)OCC(O)CS(=O)(=O)O. The van der Waals surface area contributed by atoms with E-state index in [1.807, 2.05) is 0 Å². The van der Waals surface area contributed by atoms with E-state index in [4.69, 9.17) is 19.3 Å². The van der Waals surface area contributed by atoms with Gasteiger partial charge in [0, 0.05) is 11.6 Å². The maximum absolute atomic E-state index is 10.8. The molecule has 0 saturated carbocycles. The maximum Gasteiger partial charge on any atom is 0.333 e. The second-order valence-electron chi connectivity index (χ2n) is 5.02. The zero-order valence-electron chi connectivity index (χ0n) is 14.3. The fourth-order valence-electron chi connectivity index (χ4n) is 1.11. The average Bonchev–Trinajstić information content (AvgIpc) is 2.47. The highest BCUT2D eigenvalue weighted by molar-refractivity contribution is 7.86. The molecule has 0 fully saturated rings. The molecule has 0 aliphatic heterocycles. The number of hydrogen-bond acceptors (Lipinski definition) is 10. The van der Waals surface area contributed by atoms with Crippen LogP contribution in [0.2, 0.25) is 0 Å². The van der Waals surface area contributed by atoms with Crippen LogP contribution in [0.15, 0.2) is 24.8 Å². The molecule has 0 aromatic carbocycles. The summed E-state index contributed by atoms with van der Waals surface area (Å²) in [6, 6.07) is 0. The third-order valence-corrected chi connectivity index (χ3v) is 3.76. The smallest absolute Gasteiger partial charge is 0.333 e. The van der Waals surface area contributed by atoms with Crippen molar-refractivity contribution in [2.45, 2.75) is 19.1 Å². The highest BCUT2D eigenvalue weighted by atomic mass is 32.2. The Morgan fingerprint density at radius 1 is 0.963 bits per heavy atom. The second kappa shape index (κ2) is 12.5. The van der Waals surface area contributed by atoms with Gasteiger partial charge in [0.25, 0.3) is 20.2 Å². The Labute approximate surface area is 156 Å². The normalized spacial score (nSPS) is 13.4. The molecule has 0 amide bonds. The number of rotatable bonds is 10. The van der Waals surface area contributed by atoms with Gasteiger partial charge in [-0.05, 0) is 6.92 Å². The Bertz CT molecular complexity index is 722. The molecule has 0 aliphatic carbocycles. The summed E-state index contributed by atoms with van der Waals surface area (Å²) in [6.07, 6.45) is -1.99. The van der Waals surface area contributed by atoms with Gasteiger partial charge in [-0.25, -0.2) is 9.59 Å². The van der Waals surface area contributed by atoms with Crippen LogP contribution in [0, 0.1) is 0 Å². The number of aliphatic hydroxyl groups excluding tert-OH is 2. The number of carbonyl (C=O) groups is 2. The largest absolute Gasteiger partial charge is 0.460 e. The lowest BCUT2D eigenvalue weighted by Crippen LogP contribution is -2.26. The van der Waals surface area contributed by atoms with E-state index in [0.29, 0.717) is 0 Å². The van der Waals surface area contributed by atoms with Gasteiger partial charge in [-0.3, -0.25) is 9.11 Å². The molecular weight excluding hydrogens is 412 g/mol. The van der Waals surface area contributed by atoms with Crippen LogP contribution in [0.4, 0.5) is 0 Å². The summed E-state index contributed by atoms with van der Waals surface area (Å²) in [5.74, 6) is -3.22. The second-order valence-corrected chi connectivity index (χ2v) is 8.01. The lowest BCUT2D eigenvalue weighted by molar-refractivity contribution is -0.141. The van der Waals surface area contributed by atoms with E-state index in [0.717, 1.165) is 6.08 Å². The lowest BCUT2D eigenvalue weighted by Gasteiger charge is -2.09. The van der Waals surface area contributed by atoms with Crippen LogP contribution in [0.5, 0.6) is 0 Å². The Hall–Kier alpha value is -1.84. The minimum atomic E-state index is -4.26. The molecular formula is C13H22O12S2. The summed E-state index contributed by atoms with van der Waals surface area (Å²) in [6.45, 7) is 6.80. The van der Waals surface area contributed by atoms with Crippen LogP contribution in [0.1, 0.15) is 6.92 Å². The molecule has 158 valence electrons. The highest BCUT2D eigenvalue weighted by Crippen LogP contribution is 1.96. The van der Waals surface area contributed by atoms with E-state index in [1.165, 1.54) is 6.92 Å². The van der Waals surface area contributed by atoms with Crippen molar-refractivity contribution >= 4 is 32.2 Å². The molecule has 0 aromatic rings. The molecule has 14 heteroatoms. The molecule has 27 heavy (non-hydrogen) atoms. The fourth-order valence-corrected chi connectivity index (χ4v) is 2.28. The van der Waals surface area contributed by atoms with Crippen molar-refractivity contribution in [2.75, 3.05) is 24.7 Å². The monoisotopic (exact) mass is 434 g/mol. The molecule has 2 atom stereocenters. The van der Waals surface area contributed by atoms with Gasteiger partial charge >= 0.3 is 11.9 Å². The first-order chi connectivity index (χ1) is 12.1. The van der Waals surface area contributed by atoms with Crippen LogP contribution in [0.3, 0.4) is 0 Å². The number of ether oxygens (including phenoxy) is 2. The molecule has 0 rings (SSSR count). The quantitative estimate of drug-likeness (QED) is 0.173. The molecule has 4 N–H and O–H groups in total. The fraction of sp³-hybridized carbons (Fsp3) is 0.538. The number of aliphatic hydroxyl groups is 2. The van der Waals surface area contributed by atoms with E-state index in [1.54, 1.807) is 0 Å². The summed E-state index contributed by atoms with van der Waals surface area (Å²) in [5.41, 5.74) is 0.143. The molecule has 0 aliphatic rings. The predicted octanol–water partition coefficient (Wildman–Crippen LogP) is -1.68. The van der Waals surface area contributed by atoms with Crippen LogP contribution in [0.25, 0.3) is 0 Å². The van der Waals surface area contributed by atoms with Crippen molar-refractivity contribution in [3.63, 3.8) is 0 Å². The Morgan fingerprint density at radius 3 is 1.63 bits per heavy atom. The van der Waals surface area contributed by atoms with Crippen molar-refractivity contribution in [2.24, 2.45) is 0 Å². The van der Waals surface area contributed by atoms with Gasteiger partial charge in [-0.2, -0.15) is 16.8 Å². The minimum Gasteiger partial charge on any atom is -0.460 e. The molecule has 0 radical (unpaired) electrons. The van der Waals surface area contributed by atoms with Gasteiger partial charge in [0.1, 0.15) is 36.9 Å². The van der Waals surface area contributed by atoms with Gasteiger partial charge in [0.2, 0.25) is 0 Å². The zero-order chi connectivity index (χ0) is 21.8. The summed E-state index contributed by atoms with van der Waals surface area (Å²) in [4.78, 5) is 21.2. The lowest BCUT2D eigenvalue weighted by atomic mass is 10.3. The Morgan fingerprint density at radius 2 is 1.33 bits per heavy atom. The van der Waals surface area contributed by atoms with Crippen LogP contribution in [-0.2, 0) is 39.3 Å². The molecule has 0 heterocycles. The number of esters is 2. The minimum absolute atomic E-state index is 0.143. The first kappa shape index (κ1) is 27.4. The van der Waals surface area contributed by atoms with E-state index in [9.17, 15) is 26.4 Å². The summed E-state index contributed by atoms with van der Waals surface area (Å²) < 4.78 is 66.2. The van der Waals surface area contributed by atoms with Crippen LogP contribution in [-0.4, -0.2) is 85.0 Å². The van der Waals surface area contributed by atoms with Crippen molar-refractivity contribution < 1.29 is 55.2 Å². The number of hydrogen-bond donors (Lipinski definition) is 4. The summed E-state index contributed by atoms with van der Waals surface area (Å²) >= 11 is 0. The first-order valence-electron chi connectivity index (χ1n) is 6.95. The summed E-state index contributed by atoms with van der Waals surface area (Å²) in [5, 5.41) is 17.8. The average molecular weight is 434 g/mol. The third-order valence-electron chi connectivity index (χ3n) is 2.15. The Balaban J connectivity index is 0. The first-order valence-corrected chi connectivity index (χ1v) is 10.2.